The lowest BCUT2D eigenvalue weighted by molar-refractivity contribution is -0.217. The van der Waals surface area contributed by atoms with Crippen LogP contribution in [0.5, 0.6) is 0 Å². The van der Waals surface area contributed by atoms with Gasteiger partial charge in [0.15, 0.2) is 0 Å². The van der Waals surface area contributed by atoms with E-state index >= 15 is 0 Å². The summed E-state index contributed by atoms with van der Waals surface area (Å²) >= 11 is 0. The van der Waals surface area contributed by atoms with Crippen molar-refractivity contribution in [3.8, 4) is 0 Å². The molecule has 2 heterocycles. The van der Waals surface area contributed by atoms with Crippen LogP contribution >= 0.6 is 0 Å². The molecule has 1 N–H and O–H groups in total. The number of ether oxygens (including phenoxy) is 1. The number of rotatable bonds is 4. The summed E-state index contributed by atoms with van der Waals surface area (Å²) in [5.41, 5.74) is -0.230. The first-order valence-electron chi connectivity index (χ1n) is 7.86. The molecule has 19 heavy (non-hydrogen) atoms. The van der Waals surface area contributed by atoms with Gasteiger partial charge < -0.3 is 14.7 Å². The van der Waals surface area contributed by atoms with Gasteiger partial charge in [-0.25, -0.2) is 0 Å². The lowest BCUT2D eigenvalue weighted by Crippen LogP contribution is -2.62. The standard InChI is InChI=1S/C15H30N2O2/c1-4-16-9-6-13(7-10-16)15(19-3)12-14(18)8-11-17(15)5-2/h13-14,18H,4-12H2,1-3H3. The van der Waals surface area contributed by atoms with Gasteiger partial charge in [-0.1, -0.05) is 13.8 Å². The second-order valence-corrected chi connectivity index (χ2v) is 5.98. The van der Waals surface area contributed by atoms with Crippen LogP contribution in [0.2, 0.25) is 0 Å². The highest BCUT2D eigenvalue weighted by Crippen LogP contribution is 2.40. The van der Waals surface area contributed by atoms with Crippen LogP contribution in [-0.2, 0) is 4.74 Å². The zero-order valence-corrected chi connectivity index (χ0v) is 12.8. The van der Waals surface area contributed by atoms with E-state index in [1.54, 1.807) is 0 Å². The Morgan fingerprint density at radius 3 is 2.32 bits per heavy atom. The Morgan fingerprint density at radius 2 is 1.79 bits per heavy atom. The Balaban J connectivity index is 2.11. The summed E-state index contributed by atoms with van der Waals surface area (Å²) in [7, 11) is 1.83. The molecule has 2 rings (SSSR count). The zero-order chi connectivity index (χ0) is 13.9. The summed E-state index contributed by atoms with van der Waals surface area (Å²) in [6, 6.07) is 0. The number of nitrogens with zero attached hydrogens (tertiary/aromatic N) is 2. The predicted octanol–water partition coefficient (Wildman–Crippen LogP) is 1.54. The minimum Gasteiger partial charge on any atom is -0.393 e. The van der Waals surface area contributed by atoms with Crippen molar-refractivity contribution < 1.29 is 9.84 Å². The molecule has 4 heteroatoms. The Bertz CT molecular complexity index is 279. The van der Waals surface area contributed by atoms with Gasteiger partial charge in [0.05, 0.1) is 6.10 Å². The average molecular weight is 270 g/mol. The van der Waals surface area contributed by atoms with Gasteiger partial charge in [-0.3, -0.25) is 4.90 Å². The largest absolute Gasteiger partial charge is 0.393 e. The topological polar surface area (TPSA) is 35.9 Å². The van der Waals surface area contributed by atoms with Crippen molar-refractivity contribution in [1.29, 1.82) is 0 Å². The highest BCUT2D eigenvalue weighted by atomic mass is 16.5. The smallest absolute Gasteiger partial charge is 0.126 e. The highest BCUT2D eigenvalue weighted by Gasteiger charge is 2.48. The molecule has 2 saturated heterocycles. The highest BCUT2D eigenvalue weighted by molar-refractivity contribution is 4.95. The van der Waals surface area contributed by atoms with Crippen molar-refractivity contribution in [2.75, 3.05) is 39.8 Å². The molecule has 0 aromatic rings. The molecule has 0 aliphatic carbocycles. The van der Waals surface area contributed by atoms with Crippen LogP contribution in [0.25, 0.3) is 0 Å². The van der Waals surface area contributed by atoms with Crippen molar-refractivity contribution in [3.05, 3.63) is 0 Å². The number of aliphatic hydroxyl groups excluding tert-OH is 1. The Morgan fingerprint density at radius 1 is 1.11 bits per heavy atom. The molecule has 2 atom stereocenters. The second kappa shape index (κ2) is 6.53. The number of piperidine rings is 2. The van der Waals surface area contributed by atoms with Gasteiger partial charge in [0.25, 0.3) is 0 Å². The van der Waals surface area contributed by atoms with Crippen LogP contribution in [-0.4, -0.2) is 66.6 Å². The molecule has 0 spiro atoms. The van der Waals surface area contributed by atoms with E-state index in [1.807, 2.05) is 7.11 Å². The van der Waals surface area contributed by atoms with Gasteiger partial charge in [-0.2, -0.15) is 0 Å². The molecular weight excluding hydrogens is 240 g/mol. The van der Waals surface area contributed by atoms with E-state index in [0.717, 1.165) is 32.5 Å². The third-order valence-corrected chi connectivity index (χ3v) is 5.20. The molecule has 0 amide bonds. The Hall–Kier alpha value is -0.160. The number of likely N-dealkylation sites (tertiary alicyclic amines) is 2. The quantitative estimate of drug-likeness (QED) is 0.840. The third-order valence-electron chi connectivity index (χ3n) is 5.20. The van der Waals surface area contributed by atoms with E-state index in [9.17, 15) is 5.11 Å². The SMILES string of the molecule is CCN1CCC(C2(OC)CC(O)CCN2CC)CC1. The van der Waals surface area contributed by atoms with Crippen molar-refractivity contribution in [2.45, 2.75) is 51.4 Å². The van der Waals surface area contributed by atoms with Crippen LogP contribution in [0.15, 0.2) is 0 Å². The van der Waals surface area contributed by atoms with Crippen LogP contribution in [0.1, 0.15) is 39.5 Å². The molecule has 0 saturated carbocycles. The van der Waals surface area contributed by atoms with Crippen LogP contribution in [0.4, 0.5) is 0 Å². The summed E-state index contributed by atoms with van der Waals surface area (Å²) in [5.74, 6) is 0.551. The van der Waals surface area contributed by atoms with Gasteiger partial charge in [-0.05, 0) is 45.4 Å². The van der Waals surface area contributed by atoms with Crippen molar-refractivity contribution in [1.82, 2.24) is 9.80 Å². The summed E-state index contributed by atoms with van der Waals surface area (Å²) in [6.07, 6.45) is 3.82. The lowest BCUT2D eigenvalue weighted by Gasteiger charge is -2.53. The molecule has 2 fully saturated rings. The molecule has 0 radical (unpaired) electrons. The number of methoxy groups -OCH3 is 1. The van der Waals surface area contributed by atoms with E-state index < -0.39 is 0 Å². The molecule has 2 unspecified atom stereocenters. The average Bonchev–Trinajstić information content (AvgIpc) is 2.47. The summed E-state index contributed by atoms with van der Waals surface area (Å²) in [4.78, 5) is 4.96. The maximum absolute atomic E-state index is 10.1. The molecule has 0 bridgehead atoms. The maximum Gasteiger partial charge on any atom is 0.126 e. The number of hydrogen-bond donors (Lipinski definition) is 1. The first kappa shape index (κ1) is 15.2. The van der Waals surface area contributed by atoms with Gasteiger partial charge in [0.1, 0.15) is 5.72 Å². The van der Waals surface area contributed by atoms with Crippen LogP contribution in [0.3, 0.4) is 0 Å². The fourth-order valence-corrected chi connectivity index (χ4v) is 3.99. The maximum atomic E-state index is 10.1. The number of hydrogen-bond acceptors (Lipinski definition) is 4. The number of aliphatic hydroxyl groups is 1. The molecule has 0 aromatic heterocycles. The van der Waals surface area contributed by atoms with E-state index in [2.05, 4.69) is 23.6 Å². The van der Waals surface area contributed by atoms with Crippen molar-refractivity contribution >= 4 is 0 Å². The monoisotopic (exact) mass is 270 g/mol. The normalized spacial score (nSPS) is 35.7. The molecule has 2 aliphatic rings. The third kappa shape index (κ3) is 2.97. The van der Waals surface area contributed by atoms with Crippen molar-refractivity contribution in [3.63, 3.8) is 0 Å². The summed E-state index contributed by atoms with van der Waals surface area (Å²) in [6.45, 7) is 9.88. The Kier molecular flexibility index (Phi) is 5.23. The molecule has 0 aromatic carbocycles. The van der Waals surface area contributed by atoms with Gasteiger partial charge >= 0.3 is 0 Å². The predicted molar refractivity (Wildman–Crippen MR) is 77.1 cm³/mol. The summed E-state index contributed by atoms with van der Waals surface area (Å²) < 4.78 is 6.01. The minimum absolute atomic E-state index is 0.202. The molecule has 112 valence electrons. The second-order valence-electron chi connectivity index (χ2n) is 5.98. The molecule has 2 aliphatic heterocycles. The lowest BCUT2D eigenvalue weighted by atomic mass is 9.79. The van der Waals surface area contributed by atoms with Crippen molar-refractivity contribution in [2.24, 2.45) is 5.92 Å². The molecular formula is C15H30N2O2. The summed E-state index contributed by atoms with van der Waals surface area (Å²) in [5, 5.41) is 10.1. The van der Waals surface area contributed by atoms with E-state index in [-0.39, 0.29) is 11.8 Å². The van der Waals surface area contributed by atoms with Crippen LogP contribution < -0.4 is 0 Å². The van der Waals surface area contributed by atoms with Gasteiger partial charge in [-0.15, -0.1) is 0 Å². The zero-order valence-electron chi connectivity index (χ0n) is 12.8. The fraction of sp³-hybridized carbons (Fsp3) is 1.00. The van der Waals surface area contributed by atoms with E-state index in [0.29, 0.717) is 5.92 Å². The van der Waals surface area contributed by atoms with Gasteiger partial charge in [0.2, 0.25) is 0 Å². The van der Waals surface area contributed by atoms with Crippen LogP contribution in [0, 0.1) is 5.92 Å². The first-order valence-corrected chi connectivity index (χ1v) is 7.86. The Labute approximate surface area is 117 Å². The minimum atomic E-state index is -0.230. The molecule has 4 nitrogen and oxygen atoms in total. The van der Waals surface area contributed by atoms with E-state index in [4.69, 9.17) is 4.74 Å². The van der Waals surface area contributed by atoms with E-state index in [1.165, 1.54) is 25.9 Å². The fourth-order valence-electron chi connectivity index (χ4n) is 3.99. The van der Waals surface area contributed by atoms with Gasteiger partial charge in [0, 0.05) is 26.0 Å². The first-order chi connectivity index (χ1) is 9.16.